The quantitative estimate of drug-likeness (QED) is 0.0228. The van der Waals surface area contributed by atoms with Gasteiger partial charge in [-0.3, -0.25) is 14.4 Å². The topological polar surface area (TPSA) is 381 Å². The molecule has 102 heavy (non-hydrogen) atoms. The first-order valence-corrected chi connectivity index (χ1v) is 40.3. The van der Waals surface area contributed by atoms with Gasteiger partial charge in [0.25, 0.3) is 0 Å². The minimum atomic E-state index is -6.62. The Labute approximate surface area is 586 Å². The zero-order chi connectivity index (χ0) is 75.5. The van der Waals surface area contributed by atoms with Crippen LogP contribution in [0, 0.1) is 65.1 Å². The van der Waals surface area contributed by atoms with Crippen molar-refractivity contribution in [3.8, 4) is 0 Å². The predicted molar refractivity (Wildman–Crippen MR) is 327 cm³/mol. The third-order valence-electron chi connectivity index (χ3n) is 25.4. The molecule has 0 aromatic heterocycles. The van der Waals surface area contributed by atoms with Gasteiger partial charge < -0.3 is 63.2 Å². The molecule has 22 nitrogen and oxygen atoms in total. The number of esters is 3. The Balaban J connectivity index is 0.000000165. The summed E-state index contributed by atoms with van der Waals surface area (Å²) in [6.07, 6.45) is 11.3. The number of rotatable bonds is 24. The van der Waals surface area contributed by atoms with Crippen LogP contribution < -0.4 is 0 Å². The second-order valence-electron chi connectivity index (χ2n) is 31.3. The standard InChI is InChI=1S/C22H32F4O7S.C21H30F4O8S.C21H30F4O7S2/c23-21(24,22(25,26)34(30,31)32)9-10-33-18(27)15-12-13-11-14(15)17(20(29)7-3-4-8-20)16(13)19(28)5-1-2-6-19;2*22-20(23,21(24,25)34(29,30)31)9-10-32-17(26)12-11-13-14(18(27)5-1-2-6-18)15(16(12)33-13)19(28)7-3-4-8-19/h13-17,28-29H,1-12H2,(H,30,31,32);2*12-16,27-28H,1-11H2,(H,29,30,31)/p-3. The maximum atomic E-state index is 13.7. The second-order valence-corrected chi connectivity index (χ2v) is 36.9. The molecule has 0 spiro atoms. The van der Waals surface area contributed by atoms with Gasteiger partial charge in [0, 0.05) is 34.2 Å². The Morgan fingerprint density at radius 1 is 0.392 bits per heavy atom. The molecule has 6 bridgehead atoms. The molecule has 0 radical (unpaired) electrons. The number of hydrogen-bond donors (Lipinski definition) is 6. The van der Waals surface area contributed by atoms with Gasteiger partial charge in [-0.1, -0.05) is 77.0 Å². The highest BCUT2D eigenvalue weighted by Crippen LogP contribution is 2.68. The predicted octanol–water partition coefficient (Wildman–Crippen LogP) is 8.55. The summed E-state index contributed by atoms with van der Waals surface area (Å²) in [6.45, 7) is -3.59. The fourth-order valence-corrected chi connectivity index (χ4v) is 24.5. The lowest BCUT2D eigenvalue weighted by molar-refractivity contribution is -0.180. The monoisotopic (exact) mass is 1570 g/mol. The molecule has 6 N–H and O–H groups in total. The van der Waals surface area contributed by atoms with E-state index >= 15 is 0 Å². The van der Waals surface area contributed by atoms with Gasteiger partial charge in [-0.2, -0.15) is 64.4 Å². The van der Waals surface area contributed by atoms with E-state index in [1.165, 1.54) is 11.8 Å². The Bertz CT molecular complexity index is 3040. The minimum absolute atomic E-state index is 0.0448. The van der Waals surface area contributed by atoms with E-state index in [0.717, 1.165) is 77.0 Å². The van der Waals surface area contributed by atoms with Crippen LogP contribution in [0.15, 0.2) is 0 Å². The summed E-state index contributed by atoms with van der Waals surface area (Å²) in [5, 5.41) is 50.4. The van der Waals surface area contributed by atoms with Crippen LogP contribution in [-0.4, -0.2) is 197 Å². The van der Waals surface area contributed by atoms with Crippen LogP contribution in [-0.2, 0) is 63.7 Å². The van der Waals surface area contributed by atoms with Crippen molar-refractivity contribution in [1.29, 1.82) is 0 Å². The maximum Gasteiger partial charge on any atom is 0.396 e. The fraction of sp³-hybridized carbons (Fsp3) is 0.953. The van der Waals surface area contributed by atoms with E-state index in [-0.39, 0.29) is 47.2 Å². The van der Waals surface area contributed by atoms with Crippen LogP contribution in [0.5, 0.6) is 0 Å². The Morgan fingerprint density at radius 3 is 1.06 bits per heavy atom. The third-order valence-corrected chi connectivity index (χ3v) is 29.9. The average molecular weight is 1570 g/mol. The highest BCUT2D eigenvalue weighted by Gasteiger charge is 2.72. The summed E-state index contributed by atoms with van der Waals surface area (Å²) in [5.74, 6) is -23.2. The van der Waals surface area contributed by atoms with Gasteiger partial charge in [-0.25, -0.2) is 25.3 Å². The van der Waals surface area contributed by atoms with Gasteiger partial charge in [-0.15, -0.1) is 0 Å². The number of carbonyl (C=O) groups excluding carboxylic acids is 3. The number of alkyl halides is 12. The average Bonchev–Trinajstić information content (AvgIpc) is 1.56. The van der Waals surface area contributed by atoms with E-state index < -0.39 is 202 Å². The molecule has 12 rings (SSSR count). The molecule has 38 heteroatoms. The van der Waals surface area contributed by atoms with Crippen molar-refractivity contribution in [1.82, 2.24) is 0 Å². The third kappa shape index (κ3) is 14.9. The smallest absolute Gasteiger partial charge is 0.396 e. The van der Waals surface area contributed by atoms with Crippen LogP contribution in [0.25, 0.3) is 0 Å². The summed E-state index contributed by atoms with van der Waals surface area (Å²) in [4.78, 5) is 38.2. The molecule has 588 valence electrons. The van der Waals surface area contributed by atoms with Crippen LogP contribution in [0.3, 0.4) is 0 Å². The first-order valence-electron chi connectivity index (χ1n) is 35.2. The van der Waals surface area contributed by atoms with Crippen molar-refractivity contribution in [3.05, 3.63) is 0 Å². The van der Waals surface area contributed by atoms with E-state index in [1.807, 2.05) is 0 Å². The lowest BCUT2D eigenvalue weighted by atomic mass is 9.60. The summed E-state index contributed by atoms with van der Waals surface area (Å²) in [5.41, 5.74) is -6.10. The molecule has 0 aromatic rings. The van der Waals surface area contributed by atoms with Gasteiger partial charge in [0.15, 0.2) is 30.4 Å². The molecular formula is C64H89F12O22S4-3. The summed E-state index contributed by atoms with van der Waals surface area (Å²) in [7, 11) is -19.8. The number of hydrogen-bond acceptors (Lipinski definition) is 23. The molecule has 4 aliphatic heterocycles. The van der Waals surface area contributed by atoms with Gasteiger partial charge in [0.2, 0.25) is 0 Å². The Kier molecular flexibility index (Phi) is 23.0. The zero-order valence-corrected chi connectivity index (χ0v) is 58.9. The van der Waals surface area contributed by atoms with Crippen molar-refractivity contribution in [2.45, 2.75) is 289 Å². The Morgan fingerprint density at radius 2 is 0.696 bits per heavy atom. The molecule has 12 fully saturated rings. The molecule has 4 heterocycles. The molecule has 8 saturated carbocycles. The van der Waals surface area contributed by atoms with Gasteiger partial charge in [0.1, 0.15) is 0 Å². The number of ether oxygens (including phenoxy) is 4. The van der Waals surface area contributed by atoms with Crippen LogP contribution >= 0.6 is 11.8 Å². The van der Waals surface area contributed by atoms with E-state index in [2.05, 4.69) is 0 Å². The normalized spacial score (nSPS) is 35.1. The zero-order valence-electron chi connectivity index (χ0n) is 55.6. The Hall–Kier alpha value is -2.63. The first-order chi connectivity index (χ1) is 46.9. The van der Waals surface area contributed by atoms with Crippen LogP contribution in [0.4, 0.5) is 52.7 Å². The van der Waals surface area contributed by atoms with E-state index in [0.29, 0.717) is 96.3 Å². The maximum absolute atomic E-state index is 13.7. The minimum Gasteiger partial charge on any atom is -0.743 e. The highest BCUT2D eigenvalue weighted by atomic mass is 32.2. The SMILES string of the molecule is O=C(OCCC(F)(F)C(F)(F)S(=O)(=O)[O-])C1CC2CC1C(C1(O)CCCC1)C2C1(O)CCCC1.O=C(OCCC(F)(F)C(F)(F)S(=O)(=O)[O-])C1CC2OC1C(C1(O)CCCC1)C2C1(O)CCCC1.O=C(OCCC(F)(F)C(F)(F)S(=O)(=O)[O-])C1CC2SC1C(C1(O)CCCC1)C2C1(O)CCCC1. The molecule has 0 aromatic carbocycles. The van der Waals surface area contributed by atoms with Gasteiger partial charge in [-0.05, 0) is 126 Å². The van der Waals surface area contributed by atoms with E-state index in [9.17, 15) is 137 Å². The molecule has 15 atom stereocenters. The summed E-state index contributed by atoms with van der Waals surface area (Å²) < 4.78 is 277. The van der Waals surface area contributed by atoms with E-state index in [4.69, 9.17) is 18.9 Å². The van der Waals surface area contributed by atoms with Crippen LogP contribution in [0.1, 0.15) is 199 Å². The van der Waals surface area contributed by atoms with Gasteiger partial charge in [0.05, 0.1) is 103 Å². The van der Waals surface area contributed by atoms with Crippen molar-refractivity contribution < 1.29 is 156 Å². The largest absolute Gasteiger partial charge is 0.743 e. The molecule has 4 saturated heterocycles. The molecule has 8 aliphatic carbocycles. The molecule has 15 unspecified atom stereocenters. The molecule has 12 aliphatic rings. The highest BCUT2D eigenvalue weighted by molar-refractivity contribution is 8.01. The lowest BCUT2D eigenvalue weighted by Gasteiger charge is -2.48. The van der Waals surface area contributed by atoms with Crippen molar-refractivity contribution in [3.63, 3.8) is 0 Å². The second kappa shape index (κ2) is 28.7. The van der Waals surface area contributed by atoms with Crippen molar-refractivity contribution >= 4 is 60.0 Å². The summed E-state index contributed by atoms with van der Waals surface area (Å²) >= 11 is 1.49. The number of thioether (sulfide) groups is 1. The first kappa shape index (κ1) is 81.9. The molecule has 0 amide bonds. The number of carbonyl (C=O) groups is 3. The van der Waals surface area contributed by atoms with Crippen LogP contribution in [0.2, 0.25) is 0 Å². The number of aliphatic hydroxyl groups is 6. The molecular weight excluding hydrogens is 1480 g/mol. The fourth-order valence-electron chi connectivity index (χ4n) is 20.8. The van der Waals surface area contributed by atoms with E-state index in [1.54, 1.807) is 0 Å². The summed E-state index contributed by atoms with van der Waals surface area (Å²) in [6, 6.07) is 0. The van der Waals surface area contributed by atoms with Crippen molar-refractivity contribution in [2.75, 3.05) is 19.8 Å². The van der Waals surface area contributed by atoms with Gasteiger partial charge >= 0.3 is 51.4 Å². The van der Waals surface area contributed by atoms with Crippen molar-refractivity contribution in [2.24, 2.45) is 65.1 Å². The lowest BCUT2D eigenvalue weighted by Crippen LogP contribution is -2.56. The number of halogens is 12. The number of fused-ring (bicyclic) bond motifs is 6.